The van der Waals surface area contributed by atoms with Crippen LogP contribution in [0.4, 0.5) is 0 Å². The average molecular weight is 584 g/mol. The van der Waals surface area contributed by atoms with E-state index in [0.717, 1.165) is 44.0 Å². The summed E-state index contributed by atoms with van der Waals surface area (Å²) in [6.45, 7) is 7.94. The Morgan fingerprint density at radius 1 is 0.548 bits per heavy atom. The van der Waals surface area contributed by atoms with E-state index < -0.39 is 0 Å². The Morgan fingerprint density at radius 2 is 1.05 bits per heavy atom. The van der Waals surface area contributed by atoms with Gasteiger partial charge in [0.25, 0.3) is 0 Å². The molecule has 42 heavy (non-hydrogen) atoms. The van der Waals surface area contributed by atoms with Crippen LogP contribution in [-0.2, 0) is 15.6 Å². The maximum Gasteiger partial charge on any atom is 0.196 e. The normalized spacial score (nSPS) is 12.7. The number of ether oxygens (including phenoxy) is 3. The summed E-state index contributed by atoms with van der Waals surface area (Å²) in [6, 6.07) is 38.6. The van der Waals surface area contributed by atoms with E-state index in [2.05, 4.69) is 111 Å². The third-order valence-corrected chi connectivity index (χ3v) is 9.77. The fourth-order valence-electron chi connectivity index (χ4n) is 4.88. The molecule has 0 spiro atoms. The van der Waals surface area contributed by atoms with Gasteiger partial charge in [0.05, 0.1) is 24.1 Å². The lowest BCUT2D eigenvalue weighted by Crippen LogP contribution is -2.17. The first-order valence-electron chi connectivity index (χ1n) is 15.6. The number of hydrogen-bond acceptors (Lipinski definition) is 3. The van der Waals surface area contributed by atoms with E-state index in [1.54, 1.807) is 0 Å². The molecule has 222 valence electrons. The number of rotatable bonds is 18. The summed E-state index contributed by atoms with van der Waals surface area (Å²) in [6.07, 6.45) is 7.90. The standard InChI is InChI=1S/C38H47O3S/c1-4-31(2)33-21-23-35(24-22-33)41-32(3)39-29-15-7-5-6-8-16-30-40-34-25-27-38(28-26-34)42(36-17-11-9-12-18-36)37-19-13-10-14-20-37/h9-14,17-28,31-32H,4-8,15-16,29-30H2,1-3H3/q+1. The molecule has 0 N–H and O–H groups in total. The molecule has 0 fully saturated rings. The lowest BCUT2D eigenvalue weighted by atomic mass is 9.99. The van der Waals surface area contributed by atoms with Crippen molar-refractivity contribution in [2.45, 2.75) is 92.6 Å². The van der Waals surface area contributed by atoms with Crippen molar-refractivity contribution in [3.63, 3.8) is 0 Å². The summed E-state index contributed by atoms with van der Waals surface area (Å²) in [5.74, 6) is 2.40. The Balaban J connectivity index is 1.07. The lowest BCUT2D eigenvalue weighted by Gasteiger charge is -2.16. The smallest absolute Gasteiger partial charge is 0.196 e. The van der Waals surface area contributed by atoms with E-state index in [1.165, 1.54) is 45.9 Å². The molecule has 0 heterocycles. The van der Waals surface area contributed by atoms with Gasteiger partial charge in [-0.25, -0.2) is 0 Å². The minimum atomic E-state index is -0.228. The van der Waals surface area contributed by atoms with Crippen LogP contribution in [0, 0.1) is 0 Å². The van der Waals surface area contributed by atoms with E-state index in [-0.39, 0.29) is 17.2 Å². The van der Waals surface area contributed by atoms with E-state index in [4.69, 9.17) is 14.2 Å². The molecule has 3 nitrogen and oxygen atoms in total. The van der Waals surface area contributed by atoms with Crippen LogP contribution in [0.25, 0.3) is 0 Å². The summed E-state index contributed by atoms with van der Waals surface area (Å²) in [5, 5.41) is 0. The molecule has 2 atom stereocenters. The van der Waals surface area contributed by atoms with Crippen LogP contribution >= 0.6 is 0 Å². The van der Waals surface area contributed by atoms with E-state index in [0.29, 0.717) is 5.92 Å². The fraction of sp³-hybridized carbons (Fsp3) is 0.368. The Labute approximate surface area is 256 Å². The SMILES string of the molecule is CCC(C)c1ccc(OC(C)OCCCCCCCCOc2ccc([S+](c3ccccc3)c3ccccc3)cc2)cc1. The first-order valence-corrected chi connectivity index (χ1v) is 16.8. The van der Waals surface area contributed by atoms with Crippen LogP contribution in [0.15, 0.2) is 124 Å². The van der Waals surface area contributed by atoms with Crippen LogP contribution in [0.3, 0.4) is 0 Å². The molecule has 0 bridgehead atoms. The molecule has 0 radical (unpaired) electrons. The number of benzene rings is 4. The minimum absolute atomic E-state index is 0.123. The van der Waals surface area contributed by atoms with Crippen molar-refractivity contribution in [2.24, 2.45) is 0 Å². The molecule has 2 unspecified atom stereocenters. The molecule has 0 saturated carbocycles. The van der Waals surface area contributed by atoms with Gasteiger partial charge >= 0.3 is 0 Å². The van der Waals surface area contributed by atoms with Gasteiger partial charge < -0.3 is 14.2 Å². The molecule has 0 aliphatic heterocycles. The summed E-state index contributed by atoms with van der Waals surface area (Å²) >= 11 is 0. The van der Waals surface area contributed by atoms with Crippen molar-refractivity contribution >= 4 is 10.9 Å². The van der Waals surface area contributed by atoms with Crippen molar-refractivity contribution in [3.05, 3.63) is 115 Å². The zero-order valence-electron chi connectivity index (χ0n) is 25.5. The molecule has 0 aliphatic carbocycles. The van der Waals surface area contributed by atoms with Crippen LogP contribution in [0.5, 0.6) is 11.5 Å². The highest BCUT2D eigenvalue weighted by Gasteiger charge is 2.28. The molecule has 4 aromatic rings. The van der Waals surface area contributed by atoms with E-state index in [9.17, 15) is 0 Å². The van der Waals surface area contributed by atoms with Crippen molar-refractivity contribution in [3.8, 4) is 11.5 Å². The predicted molar refractivity (Wildman–Crippen MR) is 176 cm³/mol. The first-order chi connectivity index (χ1) is 20.6. The van der Waals surface area contributed by atoms with Crippen molar-refractivity contribution in [1.29, 1.82) is 0 Å². The highest BCUT2D eigenvalue weighted by molar-refractivity contribution is 7.97. The summed E-state index contributed by atoms with van der Waals surface area (Å²) in [4.78, 5) is 3.96. The van der Waals surface area contributed by atoms with Gasteiger partial charge in [-0.3, -0.25) is 0 Å². The average Bonchev–Trinajstić information content (AvgIpc) is 3.04. The van der Waals surface area contributed by atoms with Gasteiger partial charge in [-0.1, -0.05) is 88.1 Å². The highest BCUT2D eigenvalue weighted by Crippen LogP contribution is 2.32. The molecule has 0 aliphatic rings. The maximum absolute atomic E-state index is 6.07. The predicted octanol–water partition coefficient (Wildman–Crippen LogP) is 10.5. The second kappa shape index (κ2) is 17.7. The molecule has 0 saturated heterocycles. The van der Waals surface area contributed by atoms with Crippen molar-refractivity contribution < 1.29 is 14.2 Å². The van der Waals surface area contributed by atoms with Gasteiger partial charge in [-0.05, 0) is 98.3 Å². The Bertz CT molecular complexity index is 1220. The number of hydrogen-bond donors (Lipinski definition) is 0. The molecular formula is C38H47O3S+. The second-order valence-corrected chi connectivity index (χ2v) is 12.8. The molecule has 4 rings (SSSR count). The van der Waals surface area contributed by atoms with Crippen LogP contribution in [0.2, 0.25) is 0 Å². The minimum Gasteiger partial charge on any atom is -0.494 e. The van der Waals surface area contributed by atoms with E-state index >= 15 is 0 Å². The third-order valence-electron chi connectivity index (χ3n) is 7.54. The van der Waals surface area contributed by atoms with Crippen LogP contribution in [-0.4, -0.2) is 19.5 Å². The number of unbranched alkanes of at least 4 members (excludes halogenated alkanes) is 5. The highest BCUT2D eigenvalue weighted by atomic mass is 32.2. The van der Waals surface area contributed by atoms with Crippen LogP contribution in [0.1, 0.15) is 77.2 Å². The summed E-state index contributed by atoms with van der Waals surface area (Å²) in [7, 11) is -0.123. The van der Waals surface area contributed by atoms with Gasteiger partial charge in [0.15, 0.2) is 21.0 Å². The zero-order valence-corrected chi connectivity index (χ0v) is 26.4. The molecular weight excluding hydrogens is 536 g/mol. The van der Waals surface area contributed by atoms with Crippen molar-refractivity contribution in [1.82, 2.24) is 0 Å². The van der Waals surface area contributed by atoms with Crippen LogP contribution < -0.4 is 9.47 Å². The topological polar surface area (TPSA) is 27.7 Å². The van der Waals surface area contributed by atoms with Gasteiger partial charge in [0.2, 0.25) is 0 Å². The Hall–Kier alpha value is -3.21. The maximum atomic E-state index is 6.07. The fourth-order valence-corrected chi connectivity index (χ4v) is 6.96. The quantitative estimate of drug-likeness (QED) is 0.0662. The molecule has 4 aromatic carbocycles. The molecule has 0 amide bonds. The lowest BCUT2D eigenvalue weighted by molar-refractivity contribution is -0.0677. The Morgan fingerprint density at radius 3 is 1.62 bits per heavy atom. The monoisotopic (exact) mass is 583 g/mol. The first kappa shape index (κ1) is 31.7. The largest absolute Gasteiger partial charge is 0.494 e. The second-order valence-electron chi connectivity index (χ2n) is 10.8. The van der Waals surface area contributed by atoms with Crippen molar-refractivity contribution in [2.75, 3.05) is 13.2 Å². The molecule has 4 heteroatoms. The molecule has 0 aromatic heterocycles. The summed E-state index contributed by atoms with van der Waals surface area (Å²) < 4.78 is 17.8. The summed E-state index contributed by atoms with van der Waals surface area (Å²) in [5.41, 5.74) is 1.36. The third kappa shape index (κ3) is 10.3. The van der Waals surface area contributed by atoms with E-state index in [1.807, 2.05) is 19.1 Å². The van der Waals surface area contributed by atoms with Gasteiger partial charge in [-0.2, -0.15) is 0 Å². The van der Waals surface area contributed by atoms with Gasteiger partial charge in [-0.15, -0.1) is 0 Å². The van der Waals surface area contributed by atoms with Gasteiger partial charge in [0, 0.05) is 0 Å². The zero-order chi connectivity index (χ0) is 29.4. The van der Waals surface area contributed by atoms with Gasteiger partial charge in [0.1, 0.15) is 11.5 Å². The Kier molecular flexibility index (Phi) is 13.4.